The number of carbonyl (C=O) groups is 2. The number of carboxylic acids is 1. The molecule has 5 heterocycles. The lowest BCUT2D eigenvalue weighted by Crippen LogP contribution is -2.34. The average Bonchev–Trinajstić information content (AvgIpc) is 3.59. The molecule has 2 fully saturated rings. The van der Waals surface area contributed by atoms with Crippen LogP contribution in [0.5, 0.6) is 5.88 Å². The maximum atomic E-state index is 12.6. The summed E-state index contributed by atoms with van der Waals surface area (Å²) in [4.78, 5) is 40.8. The number of anilines is 2. The van der Waals surface area contributed by atoms with E-state index in [1.807, 2.05) is 18.2 Å². The zero-order valence-electron chi connectivity index (χ0n) is 21.4. The average molecular weight is 548 g/mol. The van der Waals surface area contributed by atoms with Crippen molar-refractivity contribution in [2.75, 3.05) is 17.2 Å². The lowest BCUT2D eigenvalue weighted by Gasteiger charge is -2.24. The van der Waals surface area contributed by atoms with E-state index in [1.54, 1.807) is 42.7 Å². The molecule has 14 nitrogen and oxygen atoms in total. The van der Waals surface area contributed by atoms with Gasteiger partial charge in [0.15, 0.2) is 34.7 Å². The molecule has 206 valence electrons. The van der Waals surface area contributed by atoms with E-state index in [4.69, 9.17) is 18.9 Å². The van der Waals surface area contributed by atoms with Crippen molar-refractivity contribution in [3.8, 4) is 5.88 Å². The minimum atomic E-state index is -1.16. The van der Waals surface area contributed by atoms with Crippen LogP contribution in [-0.2, 0) is 14.2 Å². The number of amides is 2. The Hall–Kier alpha value is -4.66. The summed E-state index contributed by atoms with van der Waals surface area (Å²) in [5.74, 6) is -1.67. The van der Waals surface area contributed by atoms with E-state index in [9.17, 15) is 14.7 Å². The minimum Gasteiger partial charge on any atom is -0.477 e. The first-order valence-electron chi connectivity index (χ1n) is 12.4. The highest BCUT2D eigenvalue weighted by molar-refractivity contribution is 6.02. The first-order chi connectivity index (χ1) is 19.3. The standard InChI is InChI=1S/C26H25N7O7/c1-26(2)39-19-16(11-37-17-10-6-9-15(31-17)24(34)35)38-23(20(19)40-26)33-13-29-18-21(27-12-28-22(18)33)32-25(36)30-14-7-4-3-5-8-14/h3-10,12-13,16,19-20,23H,11H2,1-2H3,(H,34,35)(H2,27,28,30,32,36). The van der Waals surface area contributed by atoms with Gasteiger partial charge in [-0.1, -0.05) is 24.3 Å². The monoisotopic (exact) mass is 547 g/mol. The fourth-order valence-corrected chi connectivity index (χ4v) is 4.72. The van der Waals surface area contributed by atoms with E-state index in [-0.39, 0.29) is 24.0 Å². The molecule has 2 aliphatic rings. The summed E-state index contributed by atoms with van der Waals surface area (Å²) < 4.78 is 26.1. The van der Waals surface area contributed by atoms with E-state index in [0.717, 1.165) is 0 Å². The van der Waals surface area contributed by atoms with Crippen LogP contribution in [0.15, 0.2) is 61.2 Å². The Labute approximate surface area is 227 Å². The molecule has 2 amide bonds. The molecule has 4 atom stereocenters. The normalized spacial score (nSPS) is 23.1. The number of nitrogens with zero attached hydrogens (tertiary/aromatic N) is 5. The van der Waals surface area contributed by atoms with Crippen molar-refractivity contribution in [3.05, 3.63) is 66.9 Å². The van der Waals surface area contributed by atoms with Gasteiger partial charge in [-0.15, -0.1) is 0 Å². The zero-order chi connectivity index (χ0) is 27.9. The molecule has 14 heteroatoms. The number of imidazole rings is 1. The largest absolute Gasteiger partial charge is 0.477 e. The van der Waals surface area contributed by atoms with Gasteiger partial charge in [0.25, 0.3) is 0 Å². The van der Waals surface area contributed by atoms with Gasteiger partial charge in [-0.2, -0.15) is 0 Å². The molecule has 6 rings (SSSR count). The minimum absolute atomic E-state index is 0.0290. The van der Waals surface area contributed by atoms with Gasteiger partial charge in [0.05, 0.1) is 6.33 Å². The third-order valence-corrected chi connectivity index (χ3v) is 6.36. The summed E-state index contributed by atoms with van der Waals surface area (Å²) in [6.45, 7) is 3.64. The summed E-state index contributed by atoms with van der Waals surface area (Å²) in [6.07, 6.45) is 0.549. The molecule has 3 N–H and O–H groups in total. The highest BCUT2D eigenvalue weighted by atomic mass is 16.8. The maximum Gasteiger partial charge on any atom is 0.354 e. The number of carboxylic acid groups (broad SMARTS) is 1. The lowest BCUT2D eigenvalue weighted by molar-refractivity contribution is -0.199. The number of benzene rings is 1. The van der Waals surface area contributed by atoms with Crippen LogP contribution in [0, 0.1) is 0 Å². The number of pyridine rings is 1. The van der Waals surface area contributed by atoms with Crippen LogP contribution in [0.25, 0.3) is 11.2 Å². The number of fused-ring (bicyclic) bond motifs is 2. The van der Waals surface area contributed by atoms with Crippen molar-refractivity contribution in [2.45, 2.75) is 44.2 Å². The molecular weight excluding hydrogens is 522 g/mol. The van der Waals surface area contributed by atoms with Gasteiger partial charge in [0, 0.05) is 11.8 Å². The Morgan fingerprint density at radius 2 is 1.82 bits per heavy atom. The van der Waals surface area contributed by atoms with Crippen molar-refractivity contribution in [3.63, 3.8) is 0 Å². The third-order valence-electron chi connectivity index (χ3n) is 6.36. The molecule has 1 aromatic carbocycles. The lowest BCUT2D eigenvalue weighted by atomic mass is 10.1. The molecule has 2 aliphatic heterocycles. The molecule has 0 radical (unpaired) electrons. The van der Waals surface area contributed by atoms with Crippen LogP contribution in [0.3, 0.4) is 0 Å². The smallest absolute Gasteiger partial charge is 0.354 e. The van der Waals surface area contributed by atoms with Gasteiger partial charge in [-0.25, -0.2) is 29.5 Å². The van der Waals surface area contributed by atoms with Crippen molar-refractivity contribution in [1.82, 2.24) is 24.5 Å². The number of ether oxygens (including phenoxy) is 4. The number of rotatable bonds is 7. The van der Waals surface area contributed by atoms with Crippen LogP contribution in [0.2, 0.25) is 0 Å². The van der Waals surface area contributed by atoms with Gasteiger partial charge >= 0.3 is 12.0 Å². The highest BCUT2D eigenvalue weighted by Gasteiger charge is 2.56. The van der Waals surface area contributed by atoms with E-state index in [0.29, 0.717) is 16.9 Å². The number of urea groups is 1. The predicted molar refractivity (Wildman–Crippen MR) is 139 cm³/mol. The van der Waals surface area contributed by atoms with Crippen LogP contribution in [0.1, 0.15) is 30.6 Å². The second kappa shape index (κ2) is 10.1. The second-order valence-corrected chi connectivity index (χ2v) is 9.60. The molecule has 4 aromatic rings. The van der Waals surface area contributed by atoms with Crippen LogP contribution in [-0.4, -0.2) is 72.3 Å². The molecule has 40 heavy (non-hydrogen) atoms. The topological polar surface area (TPSA) is 172 Å². The summed E-state index contributed by atoms with van der Waals surface area (Å²) in [6, 6.07) is 13.0. The molecular formula is C26H25N7O7. The fraction of sp³-hybridized carbons (Fsp3) is 0.308. The van der Waals surface area contributed by atoms with Gasteiger partial charge in [0.1, 0.15) is 31.2 Å². The highest BCUT2D eigenvalue weighted by Crippen LogP contribution is 2.44. The summed E-state index contributed by atoms with van der Waals surface area (Å²) in [5.41, 5.74) is 1.27. The Kier molecular flexibility index (Phi) is 6.50. The number of para-hydroxylation sites is 1. The zero-order valence-corrected chi connectivity index (χ0v) is 21.4. The first kappa shape index (κ1) is 25.6. The molecule has 0 aliphatic carbocycles. The van der Waals surface area contributed by atoms with E-state index in [1.165, 1.54) is 18.7 Å². The number of hydrogen-bond donors (Lipinski definition) is 3. The van der Waals surface area contributed by atoms with E-state index >= 15 is 0 Å². The van der Waals surface area contributed by atoms with E-state index < -0.39 is 42.3 Å². The summed E-state index contributed by atoms with van der Waals surface area (Å²) >= 11 is 0. The fourth-order valence-electron chi connectivity index (χ4n) is 4.72. The maximum absolute atomic E-state index is 12.6. The molecule has 4 unspecified atom stereocenters. The summed E-state index contributed by atoms with van der Waals surface area (Å²) in [7, 11) is 0. The number of nitrogens with one attached hydrogen (secondary N) is 2. The number of aromatic nitrogens is 5. The second-order valence-electron chi connectivity index (χ2n) is 9.60. The predicted octanol–water partition coefficient (Wildman–Crippen LogP) is 3.06. The van der Waals surface area contributed by atoms with Gasteiger partial charge in [0.2, 0.25) is 5.88 Å². The van der Waals surface area contributed by atoms with E-state index in [2.05, 4.69) is 30.6 Å². The van der Waals surface area contributed by atoms with Crippen LogP contribution in [0.4, 0.5) is 16.3 Å². The van der Waals surface area contributed by atoms with Crippen LogP contribution < -0.4 is 15.4 Å². The molecule has 0 bridgehead atoms. The van der Waals surface area contributed by atoms with Crippen molar-refractivity contribution < 1.29 is 33.6 Å². The van der Waals surface area contributed by atoms with Crippen molar-refractivity contribution >= 4 is 34.7 Å². The van der Waals surface area contributed by atoms with Gasteiger partial charge in [-0.3, -0.25) is 9.88 Å². The first-order valence-corrected chi connectivity index (χ1v) is 12.4. The SMILES string of the molecule is CC1(C)OC2C(COc3cccc(C(=O)O)n3)OC(n3cnc4c(NC(=O)Nc5ccccc5)ncnc43)C2O1. The molecule has 0 saturated carbocycles. The Balaban J connectivity index is 1.22. The summed E-state index contributed by atoms with van der Waals surface area (Å²) in [5, 5.41) is 14.7. The Bertz CT molecular complexity index is 1560. The number of aromatic carboxylic acids is 1. The van der Waals surface area contributed by atoms with Crippen molar-refractivity contribution in [2.24, 2.45) is 0 Å². The van der Waals surface area contributed by atoms with Crippen LogP contribution >= 0.6 is 0 Å². The Morgan fingerprint density at radius 1 is 1.02 bits per heavy atom. The molecule has 2 saturated heterocycles. The van der Waals surface area contributed by atoms with Crippen molar-refractivity contribution in [1.29, 1.82) is 0 Å². The number of carbonyl (C=O) groups excluding carboxylic acids is 1. The van der Waals surface area contributed by atoms with Gasteiger partial charge in [-0.05, 0) is 32.0 Å². The quantitative estimate of drug-likeness (QED) is 0.310. The number of hydrogen-bond acceptors (Lipinski definition) is 10. The van der Waals surface area contributed by atoms with Gasteiger partial charge < -0.3 is 29.4 Å². The molecule has 0 spiro atoms. The third kappa shape index (κ3) is 5.02. The Morgan fingerprint density at radius 3 is 2.62 bits per heavy atom. The molecule has 3 aromatic heterocycles.